The SMILES string of the molecule is CC(C)=C1CC[C@@](C)(O)[C@@H]2CC[C@@H](C)[C@H]2[C@H]1O. The summed E-state index contributed by atoms with van der Waals surface area (Å²) >= 11 is 0. The van der Waals surface area contributed by atoms with Crippen LogP contribution in [0, 0.1) is 17.8 Å². The van der Waals surface area contributed by atoms with Gasteiger partial charge in [-0.25, -0.2) is 0 Å². The number of hydrogen-bond donors (Lipinski definition) is 2. The summed E-state index contributed by atoms with van der Waals surface area (Å²) in [6, 6.07) is 0. The Morgan fingerprint density at radius 2 is 1.94 bits per heavy atom. The van der Waals surface area contributed by atoms with Gasteiger partial charge in [0.15, 0.2) is 0 Å². The summed E-state index contributed by atoms with van der Waals surface area (Å²) in [7, 11) is 0. The maximum absolute atomic E-state index is 10.6. The van der Waals surface area contributed by atoms with Crippen LogP contribution in [0.2, 0.25) is 0 Å². The molecule has 0 aliphatic heterocycles. The first kappa shape index (κ1) is 13.1. The lowest BCUT2D eigenvalue weighted by molar-refractivity contribution is -0.0384. The Hall–Kier alpha value is -0.340. The highest BCUT2D eigenvalue weighted by atomic mass is 16.3. The molecule has 0 aromatic rings. The summed E-state index contributed by atoms with van der Waals surface area (Å²) < 4.78 is 0. The van der Waals surface area contributed by atoms with Gasteiger partial charge in [-0.05, 0) is 69.8 Å². The molecule has 2 aliphatic carbocycles. The zero-order valence-electron chi connectivity index (χ0n) is 11.5. The molecule has 0 aromatic carbocycles. The predicted octanol–water partition coefficient (Wildman–Crippen LogP) is 2.89. The van der Waals surface area contributed by atoms with Crippen LogP contribution in [0.25, 0.3) is 0 Å². The summed E-state index contributed by atoms with van der Waals surface area (Å²) in [4.78, 5) is 0. The van der Waals surface area contributed by atoms with Gasteiger partial charge in [0.1, 0.15) is 0 Å². The van der Waals surface area contributed by atoms with Crippen molar-refractivity contribution in [2.45, 2.75) is 65.1 Å². The van der Waals surface area contributed by atoms with E-state index in [4.69, 9.17) is 0 Å². The van der Waals surface area contributed by atoms with Crippen LogP contribution in [-0.4, -0.2) is 21.9 Å². The Kier molecular flexibility index (Phi) is 3.39. The largest absolute Gasteiger partial charge is 0.390 e. The summed E-state index contributed by atoms with van der Waals surface area (Å²) in [5.41, 5.74) is 1.80. The van der Waals surface area contributed by atoms with Crippen LogP contribution in [0.15, 0.2) is 11.1 Å². The van der Waals surface area contributed by atoms with Crippen molar-refractivity contribution >= 4 is 0 Å². The molecule has 98 valence electrons. The molecule has 2 fully saturated rings. The number of allylic oxidation sites excluding steroid dienone is 1. The van der Waals surface area contributed by atoms with E-state index >= 15 is 0 Å². The molecule has 0 saturated heterocycles. The first-order valence-corrected chi connectivity index (χ1v) is 6.91. The van der Waals surface area contributed by atoms with Crippen molar-refractivity contribution in [1.82, 2.24) is 0 Å². The standard InChI is InChI=1S/C15H26O2/c1-9(2)11-7-8-15(4,17)12-6-5-10(3)13(12)14(11)16/h10,12-14,16-17H,5-8H2,1-4H3/t10-,12-,13-,14+,15-/m1/s1. The van der Waals surface area contributed by atoms with Gasteiger partial charge in [-0.2, -0.15) is 0 Å². The van der Waals surface area contributed by atoms with Gasteiger partial charge in [0.2, 0.25) is 0 Å². The normalized spacial score (nSPS) is 46.6. The zero-order valence-corrected chi connectivity index (χ0v) is 11.5. The van der Waals surface area contributed by atoms with Crippen molar-refractivity contribution in [1.29, 1.82) is 0 Å². The highest BCUT2D eigenvalue weighted by Crippen LogP contribution is 2.50. The molecular formula is C15H26O2. The lowest BCUT2D eigenvalue weighted by Crippen LogP contribution is -2.39. The van der Waals surface area contributed by atoms with Crippen molar-refractivity contribution < 1.29 is 10.2 Å². The maximum atomic E-state index is 10.6. The summed E-state index contributed by atoms with van der Waals surface area (Å²) in [5.74, 6) is 1.04. The Morgan fingerprint density at radius 3 is 2.53 bits per heavy atom. The molecule has 0 amide bonds. The average Bonchev–Trinajstić information content (AvgIpc) is 2.55. The maximum Gasteiger partial charge on any atom is 0.0786 e. The Morgan fingerprint density at radius 1 is 1.29 bits per heavy atom. The lowest BCUT2D eigenvalue weighted by Gasteiger charge is -2.34. The highest BCUT2D eigenvalue weighted by molar-refractivity contribution is 5.21. The summed E-state index contributed by atoms with van der Waals surface area (Å²) in [6.45, 7) is 8.34. The molecule has 17 heavy (non-hydrogen) atoms. The minimum Gasteiger partial charge on any atom is -0.390 e. The van der Waals surface area contributed by atoms with Crippen molar-refractivity contribution in [2.24, 2.45) is 17.8 Å². The predicted molar refractivity (Wildman–Crippen MR) is 69.6 cm³/mol. The fourth-order valence-corrected chi connectivity index (χ4v) is 3.98. The van der Waals surface area contributed by atoms with Crippen LogP contribution in [0.5, 0.6) is 0 Å². The number of aliphatic hydroxyl groups is 2. The average molecular weight is 238 g/mol. The van der Waals surface area contributed by atoms with Gasteiger partial charge >= 0.3 is 0 Å². The van der Waals surface area contributed by atoms with Crippen molar-refractivity contribution in [3.63, 3.8) is 0 Å². The summed E-state index contributed by atoms with van der Waals surface area (Å²) in [5, 5.41) is 21.2. The fourth-order valence-electron chi connectivity index (χ4n) is 3.98. The van der Waals surface area contributed by atoms with E-state index in [0.29, 0.717) is 5.92 Å². The van der Waals surface area contributed by atoms with E-state index in [0.717, 1.165) is 25.7 Å². The van der Waals surface area contributed by atoms with Gasteiger partial charge in [0, 0.05) is 0 Å². The molecule has 0 heterocycles. The first-order chi connectivity index (χ1) is 7.84. The molecule has 2 heteroatoms. The van der Waals surface area contributed by atoms with Crippen molar-refractivity contribution in [2.75, 3.05) is 0 Å². The fraction of sp³-hybridized carbons (Fsp3) is 0.867. The molecule has 0 spiro atoms. The molecule has 2 aliphatic rings. The minimum absolute atomic E-state index is 0.248. The third-order valence-electron chi connectivity index (χ3n) is 5.12. The van der Waals surface area contributed by atoms with Gasteiger partial charge < -0.3 is 10.2 Å². The number of aliphatic hydroxyl groups excluding tert-OH is 1. The van der Waals surface area contributed by atoms with Crippen LogP contribution in [-0.2, 0) is 0 Å². The van der Waals surface area contributed by atoms with Crippen LogP contribution >= 0.6 is 0 Å². The molecule has 5 atom stereocenters. The lowest BCUT2D eigenvalue weighted by atomic mass is 9.77. The third-order valence-corrected chi connectivity index (χ3v) is 5.12. The van der Waals surface area contributed by atoms with Crippen LogP contribution in [0.4, 0.5) is 0 Å². The number of rotatable bonds is 0. The van der Waals surface area contributed by atoms with E-state index in [9.17, 15) is 10.2 Å². The van der Waals surface area contributed by atoms with Gasteiger partial charge in [-0.1, -0.05) is 12.5 Å². The van der Waals surface area contributed by atoms with E-state index < -0.39 is 5.60 Å². The van der Waals surface area contributed by atoms with Crippen LogP contribution in [0.1, 0.15) is 53.4 Å². The summed E-state index contributed by atoms with van der Waals surface area (Å²) in [6.07, 6.45) is 3.50. The quantitative estimate of drug-likeness (QED) is 0.637. The van der Waals surface area contributed by atoms with Crippen LogP contribution < -0.4 is 0 Å². The molecule has 0 radical (unpaired) electrons. The van der Waals surface area contributed by atoms with Crippen LogP contribution in [0.3, 0.4) is 0 Å². The topological polar surface area (TPSA) is 40.5 Å². The number of fused-ring (bicyclic) bond motifs is 1. The Bertz CT molecular complexity index is 326. The molecule has 2 N–H and O–H groups in total. The van der Waals surface area contributed by atoms with E-state index in [1.54, 1.807) is 0 Å². The van der Waals surface area contributed by atoms with Gasteiger partial charge in [-0.15, -0.1) is 0 Å². The molecule has 2 saturated carbocycles. The molecule has 2 rings (SSSR count). The number of hydrogen-bond acceptors (Lipinski definition) is 2. The first-order valence-electron chi connectivity index (χ1n) is 6.91. The molecule has 0 unspecified atom stereocenters. The van der Waals surface area contributed by atoms with E-state index in [1.807, 2.05) is 6.92 Å². The van der Waals surface area contributed by atoms with Crippen molar-refractivity contribution in [3.8, 4) is 0 Å². The van der Waals surface area contributed by atoms with Gasteiger partial charge in [-0.3, -0.25) is 0 Å². The second-order valence-electron chi connectivity index (χ2n) is 6.57. The van der Waals surface area contributed by atoms with Gasteiger partial charge in [0.05, 0.1) is 11.7 Å². The Labute approximate surface area is 105 Å². The molecular weight excluding hydrogens is 212 g/mol. The van der Waals surface area contributed by atoms with Gasteiger partial charge in [0.25, 0.3) is 0 Å². The minimum atomic E-state index is -0.604. The monoisotopic (exact) mass is 238 g/mol. The molecule has 0 aromatic heterocycles. The second kappa shape index (κ2) is 4.40. The zero-order chi connectivity index (χ0) is 12.8. The molecule has 0 bridgehead atoms. The van der Waals surface area contributed by atoms with E-state index in [-0.39, 0.29) is 17.9 Å². The smallest absolute Gasteiger partial charge is 0.0786 e. The Balaban J connectivity index is 2.39. The molecule has 2 nitrogen and oxygen atoms in total. The highest BCUT2D eigenvalue weighted by Gasteiger charge is 2.49. The van der Waals surface area contributed by atoms with Crippen molar-refractivity contribution in [3.05, 3.63) is 11.1 Å². The van der Waals surface area contributed by atoms with E-state index in [2.05, 4.69) is 20.8 Å². The second-order valence-corrected chi connectivity index (χ2v) is 6.57. The third kappa shape index (κ3) is 2.17. The van der Waals surface area contributed by atoms with E-state index in [1.165, 1.54) is 11.1 Å².